The van der Waals surface area contributed by atoms with Gasteiger partial charge >= 0.3 is 0 Å². The lowest BCUT2D eigenvalue weighted by molar-refractivity contribution is 1.73. The predicted octanol–water partition coefficient (Wildman–Crippen LogP) is 29.9. The van der Waals surface area contributed by atoms with Crippen LogP contribution in [0.25, 0.3) is 0 Å². The zero-order chi connectivity index (χ0) is 75.5. The summed E-state index contributed by atoms with van der Waals surface area (Å²) in [5.41, 5.74) is 0. The highest BCUT2D eigenvalue weighted by molar-refractivity contribution is 5.32. The molecule has 0 saturated heterocycles. The zero-order valence-corrected chi connectivity index (χ0v) is 62.0. The topological polar surface area (TPSA) is 0 Å². The van der Waals surface area contributed by atoms with Crippen LogP contribution in [0.1, 0.15) is 13.8 Å². The lowest BCUT2D eigenvalue weighted by Gasteiger charge is -1.77. The molecule has 0 unspecified atom stereocenters. The Morgan fingerprint density at radius 3 is 0.104 bits per heavy atom. The minimum absolute atomic E-state index is 2.00. The molecule has 0 aliphatic carbocycles. The lowest BCUT2D eigenvalue weighted by atomic mass is 10.3. The van der Waals surface area contributed by atoms with E-state index in [1.54, 1.807) is 0 Å². The van der Waals surface area contributed by atoms with Crippen molar-refractivity contribution in [3.05, 3.63) is 632 Å². The van der Waals surface area contributed by atoms with Crippen LogP contribution in [-0.4, -0.2) is 0 Å². The molecule has 0 heterocycles. The maximum Gasteiger partial charge on any atom is -0.0467 e. The van der Waals surface area contributed by atoms with E-state index in [4.69, 9.17) is 0 Å². The number of hydrogen-bond acceptors (Lipinski definition) is 0. The van der Waals surface area contributed by atoms with E-state index in [0.29, 0.717) is 0 Å². The Labute approximate surface area is 641 Å². The predicted molar refractivity (Wildman–Crippen MR) is 487 cm³/mol. The molecule has 0 rings (SSSR count). The van der Waals surface area contributed by atoms with E-state index in [-0.39, 0.29) is 0 Å². The highest BCUT2D eigenvalue weighted by atomic mass is 13.8. The van der Waals surface area contributed by atoms with E-state index >= 15 is 0 Å². The largest absolute Gasteiger partial charge is 0.0877 e. The summed E-state index contributed by atoms with van der Waals surface area (Å²) in [6.45, 7) is 4.00. The number of allylic oxidation sites excluding steroid dienone is 104. The average Bonchev–Trinajstić information content (AvgIpc) is 3.85. The Kier molecular flexibility index (Phi) is 79.8. The van der Waals surface area contributed by atoms with E-state index in [0.717, 1.165) is 0 Å². The van der Waals surface area contributed by atoms with Gasteiger partial charge in [0.1, 0.15) is 0 Å². The van der Waals surface area contributed by atoms with Crippen molar-refractivity contribution in [1.29, 1.82) is 0 Å². The molecule has 534 valence electrons. The van der Waals surface area contributed by atoms with Gasteiger partial charge in [-0.3, -0.25) is 0 Å². The highest BCUT2D eigenvalue weighted by Gasteiger charge is 1.74. The van der Waals surface area contributed by atoms with Gasteiger partial charge in [0, 0.05) is 0 Å². The molecule has 0 atom stereocenters. The van der Waals surface area contributed by atoms with Gasteiger partial charge in [0.2, 0.25) is 0 Å². The second-order valence-electron chi connectivity index (χ2n) is 20.3. The van der Waals surface area contributed by atoms with E-state index < -0.39 is 0 Å². The molecule has 0 aromatic heterocycles. The Morgan fingerprint density at radius 1 is 0.0472 bits per heavy atom. The maximum absolute atomic E-state index is 2.00. The van der Waals surface area contributed by atoms with Gasteiger partial charge < -0.3 is 0 Å². The Hall–Kier alpha value is -13.5. The molecule has 0 aliphatic rings. The van der Waals surface area contributed by atoms with Crippen LogP contribution >= 0.6 is 0 Å². The first-order valence-corrected chi connectivity index (χ1v) is 35.5. The summed E-state index contributed by atoms with van der Waals surface area (Å²) in [5, 5.41) is 0. The van der Waals surface area contributed by atoms with Crippen LogP contribution < -0.4 is 0 Å². The fourth-order valence-electron chi connectivity index (χ4n) is 6.64. The molecule has 0 spiro atoms. The van der Waals surface area contributed by atoms with Gasteiger partial charge in [0.25, 0.3) is 0 Å². The summed E-state index contributed by atoms with van der Waals surface area (Å²) < 4.78 is 0. The molecule has 106 heavy (non-hydrogen) atoms. The summed E-state index contributed by atoms with van der Waals surface area (Å²) in [7, 11) is 0. The molecule has 0 aromatic carbocycles. The first-order chi connectivity index (χ1) is 52.9. The van der Waals surface area contributed by atoms with Gasteiger partial charge in [-0.2, -0.15) is 0 Å². The van der Waals surface area contributed by atoms with Crippen molar-refractivity contribution in [3.8, 4) is 0 Å². The quantitative estimate of drug-likeness (QED) is 0.0533. The van der Waals surface area contributed by atoms with Crippen molar-refractivity contribution in [2.24, 2.45) is 0 Å². The first kappa shape index (κ1) is 92.5. The second-order valence-corrected chi connectivity index (χ2v) is 20.3. The van der Waals surface area contributed by atoms with Gasteiger partial charge in [-0.25, -0.2) is 0 Å². The van der Waals surface area contributed by atoms with Crippen LogP contribution in [0.4, 0.5) is 0 Å². The molecule has 0 heteroatoms. The van der Waals surface area contributed by atoms with Crippen LogP contribution in [0.3, 0.4) is 0 Å². The van der Waals surface area contributed by atoms with E-state index in [1.807, 2.05) is 646 Å². The van der Waals surface area contributed by atoms with Gasteiger partial charge in [-0.05, 0) is 13.8 Å². The highest BCUT2D eigenvalue weighted by Crippen LogP contribution is 1.96. The molecule has 0 nitrogen and oxygen atoms in total. The monoisotopic (exact) mass is 1380 g/mol. The van der Waals surface area contributed by atoms with Crippen molar-refractivity contribution in [1.82, 2.24) is 0 Å². The third-order valence-electron chi connectivity index (χ3n) is 11.6. The second kappa shape index (κ2) is 91.5. The third-order valence-corrected chi connectivity index (χ3v) is 11.6. The summed E-state index contributed by atoms with van der Waals surface area (Å²) in [6, 6.07) is 0. The molecule has 0 N–H and O–H groups in total. The SMILES string of the molecule is CC=CC=CC=CC=CC=CC=CC=CC=CC=CC=CC=CC=CC=CC=CC=CC=CC=CC=CC=CC=CC=CC=CC=CC=CC=CC=CC=CC=CC=CC=CC=CC=CC=CC=CC=CC=CC=CC=CC=CC=CC=CC=CC=CC=CC=CC=CC=CC=CC=CC=CC=CC=CC. The van der Waals surface area contributed by atoms with Gasteiger partial charge in [-0.15, -0.1) is 0 Å². The number of rotatable bonds is 51. The van der Waals surface area contributed by atoms with Crippen molar-refractivity contribution in [2.45, 2.75) is 13.8 Å². The Bertz CT molecular complexity index is 3680. The average molecular weight is 1380 g/mol. The van der Waals surface area contributed by atoms with Crippen LogP contribution in [0.5, 0.6) is 0 Å². The fourth-order valence-corrected chi connectivity index (χ4v) is 6.64. The summed E-state index contributed by atoms with van der Waals surface area (Å²) in [4.78, 5) is 0. The van der Waals surface area contributed by atoms with Crippen molar-refractivity contribution < 1.29 is 0 Å². The molecule has 0 fully saturated rings. The minimum Gasteiger partial charge on any atom is -0.0877 e. The summed E-state index contributed by atoms with van der Waals surface area (Å²) >= 11 is 0. The van der Waals surface area contributed by atoms with E-state index in [2.05, 4.69) is 0 Å². The molecule has 0 bridgehead atoms. The van der Waals surface area contributed by atoms with Crippen LogP contribution in [0.2, 0.25) is 0 Å². The third kappa shape index (κ3) is 90.5. The van der Waals surface area contributed by atoms with Crippen LogP contribution in [-0.2, 0) is 0 Å². The first-order valence-electron chi connectivity index (χ1n) is 35.5. The van der Waals surface area contributed by atoms with Crippen LogP contribution in [0.15, 0.2) is 632 Å². The smallest absolute Gasteiger partial charge is 0.0467 e. The van der Waals surface area contributed by atoms with Crippen molar-refractivity contribution in [3.63, 3.8) is 0 Å². The van der Waals surface area contributed by atoms with Gasteiger partial charge in [0.15, 0.2) is 0 Å². The van der Waals surface area contributed by atoms with Gasteiger partial charge in [0.05, 0.1) is 0 Å². The van der Waals surface area contributed by atoms with Gasteiger partial charge in [-0.1, -0.05) is 632 Å². The van der Waals surface area contributed by atoms with Crippen molar-refractivity contribution >= 4 is 0 Å². The molecule has 0 radical (unpaired) electrons. The molecule has 0 saturated carbocycles. The maximum atomic E-state index is 2.00. The fraction of sp³-hybridized carbons (Fsp3) is 0.0189. The van der Waals surface area contributed by atoms with Crippen LogP contribution in [0, 0.1) is 0 Å². The van der Waals surface area contributed by atoms with E-state index in [1.165, 1.54) is 0 Å². The summed E-state index contributed by atoms with van der Waals surface area (Å²) in [5.74, 6) is 0. The standard InChI is InChI=1S/C106H110/c1-3-5-7-9-11-13-15-17-19-21-23-25-27-29-31-33-35-37-39-41-43-45-47-49-51-53-55-57-59-61-63-65-67-69-71-73-75-77-79-81-83-85-87-89-91-93-95-97-99-101-103-105-106-104-102-100-98-96-94-92-90-88-86-84-82-80-78-76-74-72-70-68-66-64-62-60-58-56-54-52-50-48-46-44-42-40-38-36-34-32-30-28-26-24-22-20-18-16-14-12-10-8-6-4-2/h3-106H,1-2H3. The Balaban J connectivity index is 4.12. The molecular weight excluding hydrogens is 1270 g/mol. The number of hydrogen-bond donors (Lipinski definition) is 0. The Morgan fingerprint density at radius 2 is 0.0755 bits per heavy atom. The molecule has 0 aromatic rings. The van der Waals surface area contributed by atoms with Crippen molar-refractivity contribution in [2.75, 3.05) is 0 Å². The normalized spacial score (nSPS) is 15.8. The minimum atomic E-state index is 2.00. The molecular formula is C106H110. The summed E-state index contributed by atoms with van der Waals surface area (Å²) in [6.07, 6.45) is 208. The molecule has 0 aliphatic heterocycles. The van der Waals surface area contributed by atoms with E-state index in [9.17, 15) is 0 Å². The zero-order valence-electron chi connectivity index (χ0n) is 62.0. The lowest BCUT2D eigenvalue weighted by Crippen LogP contribution is -1.55. The molecule has 0 amide bonds.